The first-order valence-corrected chi connectivity index (χ1v) is 4.84. The molecule has 0 amide bonds. The molecule has 15 heavy (non-hydrogen) atoms. The van der Waals surface area contributed by atoms with Gasteiger partial charge >= 0.3 is 0 Å². The molecule has 0 fully saturated rings. The summed E-state index contributed by atoms with van der Waals surface area (Å²) in [6, 6.07) is 8.02. The third-order valence-corrected chi connectivity index (χ3v) is 2.56. The summed E-state index contributed by atoms with van der Waals surface area (Å²) in [4.78, 5) is 4.49. The third kappa shape index (κ3) is 1.05. The van der Waals surface area contributed by atoms with Crippen molar-refractivity contribution in [3.63, 3.8) is 0 Å². The summed E-state index contributed by atoms with van der Waals surface area (Å²) in [7, 11) is 0. The van der Waals surface area contributed by atoms with Crippen LogP contribution in [0.25, 0.3) is 16.7 Å². The molecule has 0 spiro atoms. The Morgan fingerprint density at radius 2 is 1.87 bits per heavy atom. The second kappa shape index (κ2) is 2.76. The molecule has 0 unspecified atom stereocenters. The molecule has 2 aromatic heterocycles. The third-order valence-electron chi connectivity index (χ3n) is 2.56. The first-order valence-electron chi connectivity index (χ1n) is 4.84. The van der Waals surface area contributed by atoms with Crippen LogP contribution in [0.4, 0.5) is 0 Å². The van der Waals surface area contributed by atoms with Crippen LogP contribution in [0, 0.1) is 13.8 Å². The molecule has 0 aliphatic carbocycles. The smallest absolute Gasteiger partial charge is 0.182 e. The molecule has 0 saturated heterocycles. The van der Waals surface area contributed by atoms with Crippen LogP contribution in [0.1, 0.15) is 11.5 Å². The molecule has 4 nitrogen and oxygen atoms in total. The molecular weight excluding hydrogens is 188 g/mol. The highest BCUT2D eigenvalue weighted by Gasteiger charge is 2.08. The molecule has 2 heterocycles. The molecule has 0 atom stereocenters. The highest BCUT2D eigenvalue weighted by atomic mass is 15.3. The van der Waals surface area contributed by atoms with Gasteiger partial charge in [0.15, 0.2) is 5.65 Å². The summed E-state index contributed by atoms with van der Waals surface area (Å²) in [5, 5.41) is 8.20. The van der Waals surface area contributed by atoms with E-state index >= 15 is 0 Å². The molecule has 0 aliphatic rings. The number of hydrogen-bond acceptors (Lipinski definition) is 3. The van der Waals surface area contributed by atoms with Crippen LogP contribution in [0.3, 0.4) is 0 Å². The van der Waals surface area contributed by atoms with Gasteiger partial charge in [-0.3, -0.25) is 4.40 Å². The lowest BCUT2D eigenvalue weighted by molar-refractivity contribution is 1.02. The van der Waals surface area contributed by atoms with Gasteiger partial charge in [-0.2, -0.15) is 0 Å². The van der Waals surface area contributed by atoms with Crippen LogP contribution in [-0.4, -0.2) is 19.6 Å². The van der Waals surface area contributed by atoms with Crippen molar-refractivity contribution in [1.29, 1.82) is 0 Å². The Balaban J connectivity index is 2.67. The molecule has 0 aliphatic heterocycles. The van der Waals surface area contributed by atoms with Crippen LogP contribution in [0.2, 0.25) is 0 Å². The largest absolute Gasteiger partial charge is 0.276 e. The van der Waals surface area contributed by atoms with Gasteiger partial charge in [-0.05, 0) is 26.0 Å². The van der Waals surface area contributed by atoms with E-state index in [0.29, 0.717) is 0 Å². The molecule has 3 rings (SSSR count). The lowest BCUT2D eigenvalue weighted by Crippen LogP contribution is -1.96. The fourth-order valence-electron chi connectivity index (χ4n) is 1.86. The van der Waals surface area contributed by atoms with E-state index in [1.165, 1.54) is 0 Å². The van der Waals surface area contributed by atoms with E-state index in [4.69, 9.17) is 0 Å². The number of rotatable bonds is 0. The molecule has 0 radical (unpaired) electrons. The van der Waals surface area contributed by atoms with Crippen molar-refractivity contribution >= 4 is 16.7 Å². The SMILES string of the molecule is Cc1nc2ccccc2n2c(C)nnc12. The summed E-state index contributed by atoms with van der Waals surface area (Å²) in [6.45, 7) is 3.90. The molecular formula is C11H10N4. The first-order chi connectivity index (χ1) is 7.27. The van der Waals surface area contributed by atoms with Gasteiger partial charge in [0.2, 0.25) is 0 Å². The Morgan fingerprint density at radius 1 is 1.07 bits per heavy atom. The van der Waals surface area contributed by atoms with Crippen molar-refractivity contribution in [2.24, 2.45) is 0 Å². The number of benzene rings is 1. The molecule has 3 aromatic rings. The van der Waals surface area contributed by atoms with E-state index in [9.17, 15) is 0 Å². The van der Waals surface area contributed by atoms with Crippen LogP contribution in [0.5, 0.6) is 0 Å². The Labute approximate surface area is 86.6 Å². The molecule has 0 N–H and O–H groups in total. The topological polar surface area (TPSA) is 43.1 Å². The minimum atomic E-state index is 0.839. The van der Waals surface area contributed by atoms with Crippen molar-refractivity contribution in [1.82, 2.24) is 19.6 Å². The van der Waals surface area contributed by atoms with Crippen molar-refractivity contribution in [2.75, 3.05) is 0 Å². The quantitative estimate of drug-likeness (QED) is 0.554. The fourth-order valence-corrected chi connectivity index (χ4v) is 1.86. The molecule has 1 aromatic carbocycles. The van der Waals surface area contributed by atoms with Gasteiger partial charge in [0, 0.05) is 0 Å². The zero-order valence-electron chi connectivity index (χ0n) is 8.60. The van der Waals surface area contributed by atoms with E-state index in [0.717, 1.165) is 28.2 Å². The highest BCUT2D eigenvalue weighted by Crippen LogP contribution is 2.16. The Morgan fingerprint density at radius 3 is 2.73 bits per heavy atom. The van der Waals surface area contributed by atoms with Crippen LogP contribution in [-0.2, 0) is 0 Å². The van der Waals surface area contributed by atoms with Crippen LogP contribution < -0.4 is 0 Å². The average Bonchev–Trinajstić information content (AvgIpc) is 2.62. The van der Waals surface area contributed by atoms with Crippen LogP contribution >= 0.6 is 0 Å². The summed E-state index contributed by atoms with van der Waals surface area (Å²) >= 11 is 0. The van der Waals surface area contributed by atoms with Gasteiger partial charge in [-0.15, -0.1) is 10.2 Å². The predicted molar refractivity (Wildman–Crippen MR) is 57.8 cm³/mol. The Kier molecular flexibility index (Phi) is 1.54. The Hall–Kier alpha value is -1.97. The number of para-hydroxylation sites is 2. The molecule has 0 saturated carbocycles. The van der Waals surface area contributed by atoms with Gasteiger partial charge in [0.25, 0.3) is 0 Å². The zero-order valence-corrected chi connectivity index (χ0v) is 8.60. The maximum Gasteiger partial charge on any atom is 0.182 e. The van der Waals surface area contributed by atoms with Gasteiger partial charge in [0.1, 0.15) is 5.82 Å². The van der Waals surface area contributed by atoms with E-state index in [2.05, 4.69) is 15.2 Å². The van der Waals surface area contributed by atoms with Crippen molar-refractivity contribution in [2.45, 2.75) is 13.8 Å². The average molecular weight is 198 g/mol. The standard InChI is InChI=1S/C11H10N4/c1-7-11-14-13-8(2)15(11)10-6-4-3-5-9(10)12-7/h3-6H,1-2H3. The summed E-state index contributed by atoms with van der Waals surface area (Å²) < 4.78 is 2.04. The highest BCUT2D eigenvalue weighted by molar-refractivity contribution is 5.78. The number of hydrogen-bond donors (Lipinski definition) is 0. The summed E-state index contributed by atoms with van der Waals surface area (Å²) in [6.07, 6.45) is 0. The lowest BCUT2D eigenvalue weighted by atomic mass is 10.3. The number of aryl methyl sites for hydroxylation is 2. The molecule has 0 bridgehead atoms. The van der Waals surface area contributed by atoms with Gasteiger partial charge in [0.05, 0.1) is 16.7 Å². The van der Waals surface area contributed by atoms with Crippen molar-refractivity contribution in [3.05, 3.63) is 35.8 Å². The van der Waals surface area contributed by atoms with Crippen LogP contribution in [0.15, 0.2) is 24.3 Å². The minimum Gasteiger partial charge on any atom is -0.276 e. The van der Waals surface area contributed by atoms with E-state index in [1.54, 1.807) is 0 Å². The fraction of sp³-hybridized carbons (Fsp3) is 0.182. The zero-order chi connectivity index (χ0) is 10.4. The second-order valence-corrected chi connectivity index (χ2v) is 3.59. The number of nitrogens with zero attached hydrogens (tertiary/aromatic N) is 4. The first kappa shape index (κ1) is 8.35. The summed E-state index contributed by atoms with van der Waals surface area (Å²) in [5.74, 6) is 0.895. The van der Waals surface area contributed by atoms with Gasteiger partial charge in [-0.1, -0.05) is 12.1 Å². The summed E-state index contributed by atoms with van der Waals surface area (Å²) in [5.41, 5.74) is 3.78. The lowest BCUT2D eigenvalue weighted by Gasteiger charge is -2.03. The number of fused-ring (bicyclic) bond motifs is 3. The second-order valence-electron chi connectivity index (χ2n) is 3.59. The Bertz CT molecular complexity index is 654. The monoisotopic (exact) mass is 198 g/mol. The minimum absolute atomic E-state index is 0.839. The van der Waals surface area contributed by atoms with E-state index in [-0.39, 0.29) is 0 Å². The maximum atomic E-state index is 4.49. The van der Waals surface area contributed by atoms with Gasteiger partial charge in [-0.25, -0.2) is 4.98 Å². The van der Waals surface area contributed by atoms with Crippen molar-refractivity contribution < 1.29 is 0 Å². The molecule has 74 valence electrons. The van der Waals surface area contributed by atoms with Crippen molar-refractivity contribution in [3.8, 4) is 0 Å². The normalized spacial score (nSPS) is 11.3. The molecule has 4 heteroatoms. The number of aromatic nitrogens is 4. The predicted octanol–water partition coefficient (Wildman–Crippen LogP) is 1.89. The maximum absolute atomic E-state index is 4.49. The van der Waals surface area contributed by atoms with Gasteiger partial charge < -0.3 is 0 Å². The van der Waals surface area contributed by atoms with E-state index in [1.807, 2.05) is 42.5 Å². The van der Waals surface area contributed by atoms with E-state index < -0.39 is 0 Å².